The van der Waals surface area contributed by atoms with E-state index in [1.54, 1.807) is 0 Å². The van der Waals surface area contributed by atoms with Crippen molar-refractivity contribution in [3.05, 3.63) is 35.4 Å². The average Bonchev–Trinajstić information content (AvgIpc) is 2.49. The predicted molar refractivity (Wildman–Crippen MR) is 79.7 cm³/mol. The van der Waals surface area contributed by atoms with Crippen molar-refractivity contribution in [3.63, 3.8) is 0 Å². The molecule has 1 unspecified atom stereocenters. The lowest BCUT2D eigenvalue weighted by molar-refractivity contribution is 0.0538. The molecule has 0 radical (unpaired) electrons. The van der Waals surface area contributed by atoms with Gasteiger partial charge in [-0.25, -0.2) is 0 Å². The van der Waals surface area contributed by atoms with Gasteiger partial charge in [0.1, 0.15) is 0 Å². The summed E-state index contributed by atoms with van der Waals surface area (Å²) in [4.78, 5) is 12.4. The molecular weight excluding hydrogens is 252 g/mol. The minimum atomic E-state index is 0.00745. The van der Waals surface area contributed by atoms with Crippen molar-refractivity contribution in [1.82, 2.24) is 5.32 Å². The lowest BCUT2D eigenvalue weighted by atomic mass is 9.92. The summed E-state index contributed by atoms with van der Waals surface area (Å²) in [5.74, 6) is 0.516. The smallest absolute Gasteiger partial charge is 0.251 e. The van der Waals surface area contributed by atoms with Gasteiger partial charge < -0.3 is 15.8 Å². The van der Waals surface area contributed by atoms with Crippen LogP contribution in [0.15, 0.2) is 24.3 Å². The number of carbonyl (C=O) groups excluding carboxylic acids is 1. The largest absolute Gasteiger partial charge is 0.381 e. The molecule has 1 aromatic carbocycles. The van der Waals surface area contributed by atoms with E-state index < -0.39 is 0 Å². The highest BCUT2D eigenvalue weighted by Gasteiger charge is 2.22. The van der Waals surface area contributed by atoms with E-state index in [0.29, 0.717) is 12.5 Å². The second-order valence-electron chi connectivity index (χ2n) is 5.41. The second-order valence-corrected chi connectivity index (χ2v) is 5.41. The molecule has 0 bridgehead atoms. The number of carbonyl (C=O) groups is 1. The summed E-state index contributed by atoms with van der Waals surface area (Å²) < 4.78 is 5.36. The zero-order valence-corrected chi connectivity index (χ0v) is 12.1. The van der Waals surface area contributed by atoms with Gasteiger partial charge in [-0.3, -0.25) is 4.79 Å². The summed E-state index contributed by atoms with van der Waals surface area (Å²) in [6.07, 6.45) is 2.77. The van der Waals surface area contributed by atoms with Crippen molar-refractivity contribution in [1.29, 1.82) is 0 Å². The van der Waals surface area contributed by atoms with Gasteiger partial charge >= 0.3 is 0 Å². The molecule has 0 spiro atoms. The van der Waals surface area contributed by atoms with Gasteiger partial charge in [-0.05, 0) is 50.3 Å². The van der Waals surface area contributed by atoms with E-state index in [1.165, 1.54) is 0 Å². The van der Waals surface area contributed by atoms with Crippen LogP contribution in [-0.2, 0) is 11.2 Å². The molecule has 1 aliphatic heterocycles. The molecule has 4 heteroatoms. The molecule has 1 aliphatic rings. The van der Waals surface area contributed by atoms with Crippen LogP contribution in [0.1, 0.15) is 35.7 Å². The molecule has 1 aromatic rings. The SMILES string of the molecule is CC(NC(=O)c1ccccc1CCN)C1CCOCC1. The van der Waals surface area contributed by atoms with Crippen LogP contribution in [0.4, 0.5) is 0 Å². The summed E-state index contributed by atoms with van der Waals surface area (Å²) in [5.41, 5.74) is 7.37. The Balaban J connectivity index is 2.00. The van der Waals surface area contributed by atoms with E-state index >= 15 is 0 Å². The van der Waals surface area contributed by atoms with Crippen LogP contribution >= 0.6 is 0 Å². The summed E-state index contributed by atoms with van der Waals surface area (Å²) in [5, 5.41) is 3.13. The summed E-state index contributed by atoms with van der Waals surface area (Å²) in [6.45, 7) is 4.24. The maximum absolute atomic E-state index is 12.4. The molecule has 1 heterocycles. The molecule has 1 amide bonds. The standard InChI is InChI=1S/C16H24N2O2/c1-12(13-7-10-20-11-8-13)18-16(19)15-5-3-2-4-14(15)6-9-17/h2-5,12-13H,6-11,17H2,1H3,(H,18,19). The van der Waals surface area contributed by atoms with Gasteiger partial charge in [0, 0.05) is 24.8 Å². The number of hydrogen-bond acceptors (Lipinski definition) is 3. The van der Waals surface area contributed by atoms with E-state index in [-0.39, 0.29) is 11.9 Å². The van der Waals surface area contributed by atoms with Crippen molar-refractivity contribution < 1.29 is 9.53 Å². The van der Waals surface area contributed by atoms with Crippen LogP contribution < -0.4 is 11.1 Å². The number of nitrogens with two attached hydrogens (primary N) is 1. The Morgan fingerprint density at radius 3 is 2.80 bits per heavy atom. The minimum absolute atomic E-state index is 0.00745. The van der Waals surface area contributed by atoms with Crippen molar-refractivity contribution in [3.8, 4) is 0 Å². The molecule has 0 aromatic heterocycles. The first-order valence-corrected chi connectivity index (χ1v) is 7.39. The van der Waals surface area contributed by atoms with Gasteiger partial charge in [0.15, 0.2) is 0 Å². The number of nitrogens with one attached hydrogen (secondary N) is 1. The van der Waals surface area contributed by atoms with Crippen LogP contribution in [-0.4, -0.2) is 31.7 Å². The van der Waals surface area contributed by atoms with Crippen LogP contribution in [0.5, 0.6) is 0 Å². The highest BCUT2D eigenvalue weighted by molar-refractivity contribution is 5.95. The van der Waals surface area contributed by atoms with Crippen LogP contribution in [0, 0.1) is 5.92 Å². The Kier molecular flexibility index (Phi) is 5.56. The summed E-state index contributed by atoms with van der Waals surface area (Å²) in [7, 11) is 0. The van der Waals surface area contributed by atoms with Crippen molar-refractivity contribution in [2.75, 3.05) is 19.8 Å². The molecule has 0 saturated carbocycles. The Morgan fingerprint density at radius 2 is 2.10 bits per heavy atom. The average molecular weight is 276 g/mol. The number of amides is 1. The molecule has 2 rings (SSSR count). The monoisotopic (exact) mass is 276 g/mol. The predicted octanol–water partition coefficient (Wildman–Crippen LogP) is 1.73. The Labute approximate surface area is 120 Å². The fourth-order valence-corrected chi connectivity index (χ4v) is 2.73. The van der Waals surface area contributed by atoms with Crippen molar-refractivity contribution in [2.24, 2.45) is 11.7 Å². The second kappa shape index (κ2) is 7.41. The van der Waals surface area contributed by atoms with E-state index in [1.807, 2.05) is 24.3 Å². The van der Waals surface area contributed by atoms with Crippen molar-refractivity contribution in [2.45, 2.75) is 32.2 Å². The van der Waals surface area contributed by atoms with Crippen LogP contribution in [0.2, 0.25) is 0 Å². The fourth-order valence-electron chi connectivity index (χ4n) is 2.73. The summed E-state index contributed by atoms with van der Waals surface area (Å²) in [6, 6.07) is 7.87. The first-order valence-electron chi connectivity index (χ1n) is 7.39. The molecule has 4 nitrogen and oxygen atoms in total. The van der Waals surface area contributed by atoms with Crippen LogP contribution in [0.3, 0.4) is 0 Å². The van der Waals surface area contributed by atoms with Gasteiger partial charge in [-0.2, -0.15) is 0 Å². The molecule has 20 heavy (non-hydrogen) atoms. The summed E-state index contributed by atoms with van der Waals surface area (Å²) >= 11 is 0. The van der Waals surface area contributed by atoms with E-state index in [0.717, 1.165) is 43.6 Å². The highest BCUT2D eigenvalue weighted by Crippen LogP contribution is 2.19. The molecule has 3 N–H and O–H groups in total. The topological polar surface area (TPSA) is 64.4 Å². The molecule has 1 fully saturated rings. The molecular formula is C16H24N2O2. The maximum atomic E-state index is 12.4. The zero-order valence-electron chi connectivity index (χ0n) is 12.1. The van der Waals surface area contributed by atoms with Gasteiger partial charge in [-0.1, -0.05) is 18.2 Å². The van der Waals surface area contributed by atoms with Gasteiger partial charge in [-0.15, -0.1) is 0 Å². The Morgan fingerprint density at radius 1 is 1.40 bits per heavy atom. The third kappa shape index (κ3) is 3.81. The van der Waals surface area contributed by atoms with E-state index in [9.17, 15) is 4.79 Å². The fraction of sp³-hybridized carbons (Fsp3) is 0.562. The van der Waals surface area contributed by atoms with E-state index in [2.05, 4.69) is 12.2 Å². The zero-order chi connectivity index (χ0) is 14.4. The number of ether oxygens (including phenoxy) is 1. The van der Waals surface area contributed by atoms with E-state index in [4.69, 9.17) is 10.5 Å². The third-order valence-electron chi connectivity index (χ3n) is 4.01. The van der Waals surface area contributed by atoms with Gasteiger partial charge in [0.2, 0.25) is 0 Å². The maximum Gasteiger partial charge on any atom is 0.251 e. The minimum Gasteiger partial charge on any atom is -0.381 e. The number of benzene rings is 1. The van der Waals surface area contributed by atoms with Crippen LogP contribution in [0.25, 0.3) is 0 Å². The Hall–Kier alpha value is -1.39. The third-order valence-corrected chi connectivity index (χ3v) is 4.01. The first kappa shape index (κ1) is 15.0. The lowest BCUT2D eigenvalue weighted by Crippen LogP contribution is -2.40. The van der Waals surface area contributed by atoms with Crippen molar-refractivity contribution >= 4 is 5.91 Å². The molecule has 1 saturated heterocycles. The quantitative estimate of drug-likeness (QED) is 0.861. The normalized spacial score (nSPS) is 17.7. The molecule has 0 aliphatic carbocycles. The number of rotatable bonds is 5. The Bertz CT molecular complexity index is 442. The lowest BCUT2D eigenvalue weighted by Gasteiger charge is -2.28. The van der Waals surface area contributed by atoms with Gasteiger partial charge in [0.05, 0.1) is 0 Å². The highest BCUT2D eigenvalue weighted by atomic mass is 16.5. The van der Waals surface area contributed by atoms with Gasteiger partial charge in [0.25, 0.3) is 5.91 Å². The molecule has 1 atom stereocenters. The first-order chi connectivity index (χ1) is 9.72. The molecule has 110 valence electrons. The number of hydrogen-bond donors (Lipinski definition) is 2.